The van der Waals surface area contributed by atoms with Gasteiger partial charge < -0.3 is 10.1 Å². The van der Waals surface area contributed by atoms with Gasteiger partial charge in [0, 0.05) is 25.6 Å². The minimum absolute atomic E-state index is 0.446. The first-order valence-corrected chi connectivity index (χ1v) is 8.21. The van der Waals surface area contributed by atoms with Crippen LogP contribution in [-0.4, -0.2) is 46.1 Å². The van der Waals surface area contributed by atoms with Crippen molar-refractivity contribution in [2.24, 2.45) is 5.92 Å². The number of fused-ring (bicyclic) bond motifs is 1. The maximum Gasteiger partial charge on any atom is 0.234 e. The molecular weight excluding hydrogens is 274 g/mol. The van der Waals surface area contributed by atoms with Crippen LogP contribution in [0.25, 0.3) is 4.96 Å². The Bertz CT molecular complexity index is 583. The summed E-state index contributed by atoms with van der Waals surface area (Å²) in [6.45, 7) is 3.91. The highest BCUT2D eigenvalue weighted by Gasteiger charge is 2.24. The van der Waals surface area contributed by atoms with E-state index in [0.717, 1.165) is 62.3 Å². The molecule has 4 heterocycles. The van der Waals surface area contributed by atoms with Crippen LogP contribution in [0.15, 0.2) is 0 Å². The van der Waals surface area contributed by atoms with Gasteiger partial charge >= 0.3 is 0 Å². The molecule has 0 saturated carbocycles. The number of nitrogens with one attached hydrogen (secondary N) is 1. The van der Waals surface area contributed by atoms with Gasteiger partial charge in [0.2, 0.25) is 4.96 Å². The van der Waals surface area contributed by atoms with E-state index in [9.17, 15) is 0 Å². The van der Waals surface area contributed by atoms with Gasteiger partial charge in [0.05, 0.1) is 0 Å². The largest absolute Gasteiger partial charge is 0.381 e. The highest BCUT2D eigenvalue weighted by atomic mass is 32.1. The summed E-state index contributed by atoms with van der Waals surface area (Å²) in [4.78, 5) is 0.937. The lowest BCUT2D eigenvalue weighted by Gasteiger charge is -2.19. The fourth-order valence-corrected chi connectivity index (χ4v) is 4.05. The Morgan fingerprint density at radius 2 is 2.15 bits per heavy atom. The van der Waals surface area contributed by atoms with Gasteiger partial charge in [-0.05, 0) is 38.3 Å². The van der Waals surface area contributed by atoms with E-state index in [0.29, 0.717) is 5.92 Å². The molecule has 2 aromatic heterocycles. The van der Waals surface area contributed by atoms with Crippen LogP contribution in [0.2, 0.25) is 0 Å². The average Bonchev–Trinajstić information content (AvgIpc) is 3.17. The Balaban J connectivity index is 1.57. The first-order chi connectivity index (χ1) is 9.90. The van der Waals surface area contributed by atoms with Crippen molar-refractivity contribution in [2.45, 2.75) is 31.6 Å². The van der Waals surface area contributed by atoms with E-state index >= 15 is 0 Å². The third-order valence-electron chi connectivity index (χ3n) is 4.27. The molecule has 1 atom stereocenters. The molecule has 20 heavy (non-hydrogen) atoms. The molecule has 2 aliphatic rings. The van der Waals surface area contributed by atoms with Crippen molar-refractivity contribution in [1.82, 2.24) is 25.1 Å². The van der Waals surface area contributed by atoms with E-state index < -0.39 is 0 Å². The molecule has 0 spiro atoms. The van der Waals surface area contributed by atoms with E-state index in [2.05, 4.69) is 15.5 Å². The predicted molar refractivity (Wildman–Crippen MR) is 76.1 cm³/mol. The maximum atomic E-state index is 5.42. The van der Waals surface area contributed by atoms with Crippen molar-refractivity contribution in [3.8, 4) is 0 Å². The third kappa shape index (κ3) is 2.34. The van der Waals surface area contributed by atoms with Gasteiger partial charge in [0.15, 0.2) is 5.82 Å². The molecule has 0 bridgehead atoms. The second-order valence-electron chi connectivity index (χ2n) is 5.70. The molecule has 2 saturated heterocycles. The molecule has 1 unspecified atom stereocenters. The Morgan fingerprint density at radius 1 is 1.25 bits per heavy atom. The van der Waals surface area contributed by atoms with E-state index in [1.807, 2.05) is 4.52 Å². The molecule has 4 rings (SSSR count). The lowest BCUT2D eigenvalue weighted by Crippen LogP contribution is -2.17. The van der Waals surface area contributed by atoms with Gasteiger partial charge in [0.25, 0.3) is 0 Å². The van der Waals surface area contributed by atoms with Crippen LogP contribution in [-0.2, 0) is 11.2 Å². The van der Waals surface area contributed by atoms with Crippen LogP contribution < -0.4 is 5.32 Å². The molecule has 6 nitrogen and oxygen atoms in total. The first kappa shape index (κ1) is 12.7. The van der Waals surface area contributed by atoms with Gasteiger partial charge in [-0.15, -0.1) is 10.2 Å². The average molecular weight is 293 g/mol. The number of aromatic nitrogens is 4. The second kappa shape index (κ2) is 5.38. The van der Waals surface area contributed by atoms with E-state index in [1.54, 1.807) is 11.3 Å². The lowest BCUT2D eigenvalue weighted by atomic mass is 10.00. The minimum atomic E-state index is 0.446. The van der Waals surface area contributed by atoms with E-state index in [1.165, 1.54) is 11.4 Å². The fraction of sp³-hybridized carbons (Fsp3) is 0.769. The van der Waals surface area contributed by atoms with E-state index in [4.69, 9.17) is 9.84 Å². The summed E-state index contributed by atoms with van der Waals surface area (Å²) in [6, 6.07) is 0. The standard InChI is InChI=1S/C13H19N5OS/c1-4-14-8-9(1)7-11-17-18-12(15-16-13(18)20-11)10-2-5-19-6-3-10/h9-10,14H,1-8H2. The van der Waals surface area contributed by atoms with Crippen LogP contribution in [0.5, 0.6) is 0 Å². The summed E-state index contributed by atoms with van der Waals surface area (Å²) < 4.78 is 7.39. The lowest BCUT2D eigenvalue weighted by molar-refractivity contribution is 0.0831. The Morgan fingerprint density at radius 3 is 2.95 bits per heavy atom. The molecule has 7 heteroatoms. The molecule has 2 fully saturated rings. The highest BCUT2D eigenvalue weighted by Crippen LogP contribution is 2.28. The predicted octanol–water partition coefficient (Wildman–Crippen LogP) is 1.23. The summed E-state index contributed by atoms with van der Waals surface area (Å²) in [5.74, 6) is 2.20. The number of hydrogen-bond donors (Lipinski definition) is 1. The van der Waals surface area contributed by atoms with Crippen LogP contribution in [0.3, 0.4) is 0 Å². The van der Waals surface area contributed by atoms with Gasteiger partial charge in [-0.1, -0.05) is 11.3 Å². The summed E-state index contributed by atoms with van der Waals surface area (Å²) in [6.07, 6.45) is 4.38. The van der Waals surface area contributed by atoms with Crippen molar-refractivity contribution in [3.63, 3.8) is 0 Å². The van der Waals surface area contributed by atoms with Crippen molar-refractivity contribution in [1.29, 1.82) is 0 Å². The Kier molecular flexibility index (Phi) is 3.41. The molecule has 0 aliphatic carbocycles. The Labute approximate surface area is 121 Å². The molecule has 2 aliphatic heterocycles. The van der Waals surface area contributed by atoms with Gasteiger partial charge in [-0.25, -0.2) is 0 Å². The first-order valence-electron chi connectivity index (χ1n) is 7.39. The van der Waals surface area contributed by atoms with Crippen LogP contribution >= 0.6 is 11.3 Å². The van der Waals surface area contributed by atoms with Crippen molar-refractivity contribution in [3.05, 3.63) is 10.8 Å². The summed E-state index contributed by atoms with van der Waals surface area (Å²) in [5.41, 5.74) is 0. The zero-order valence-corrected chi connectivity index (χ0v) is 12.2. The zero-order chi connectivity index (χ0) is 13.4. The highest BCUT2D eigenvalue weighted by molar-refractivity contribution is 7.16. The molecule has 0 aromatic carbocycles. The molecule has 0 amide bonds. The fourth-order valence-electron chi connectivity index (χ4n) is 3.10. The quantitative estimate of drug-likeness (QED) is 0.922. The molecule has 0 radical (unpaired) electrons. The Hall–Kier alpha value is -1.05. The monoisotopic (exact) mass is 293 g/mol. The third-order valence-corrected chi connectivity index (χ3v) is 5.19. The van der Waals surface area contributed by atoms with Crippen LogP contribution in [0, 0.1) is 5.92 Å². The maximum absolute atomic E-state index is 5.42. The summed E-state index contributed by atoms with van der Waals surface area (Å²) in [7, 11) is 0. The number of rotatable bonds is 3. The van der Waals surface area contributed by atoms with E-state index in [-0.39, 0.29) is 0 Å². The van der Waals surface area contributed by atoms with Gasteiger partial charge in [-0.2, -0.15) is 9.61 Å². The smallest absolute Gasteiger partial charge is 0.234 e. The molecule has 2 aromatic rings. The summed E-state index contributed by atoms with van der Waals surface area (Å²) in [5, 5.41) is 18.0. The molecule has 108 valence electrons. The topological polar surface area (TPSA) is 64.3 Å². The van der Waals surface area contributed by atoms with Crippen molar-refractivity contribution >= 4 is 16.3 Å². The molecular formula is C13H19N5OS. The molecule has 1 N–H and O–H groups in total. The van der Waals surface area contributed by atoms with Gasteiger partial charge in [0.1, 0.15) is 5.01 Å². The number of hydrogen-bond acceptors (Lipinski definition) is 6. The number of nitrogens with zero attached hydrogens (tertiary/aromatic N) is 4. The zero-order valence-electron chi connectivity index (χ0n) is 11.4. The van der Waals surface area contributed by atoms with Gasteiger partial charge in [-0.3, -0.25) is 0 Å². The van der Waals surface area contributed by atoms with Crippen molar-refractivity contribution < 1.29 is 4.74 Å². The van der Waals surface area contributed by atoms with Crippen molar-refractivity contribution in [2.75, 3.05) is 26.3 Å². The summed E-state index contributed by atoms with van der Waals surface area (Å²) >= 11 is 1.69. The normalized spacial score (nSPS) is 24.7. The van der Waals surface area contributed by atoms with Crippen LogP contribution in [0.1, 0.15) is 36.0 Å². The number of ether oxygens (including phenoxy) is 1. The van der Waals surface area contributed by atoms with Crippen LogP contribution in [0.4, 0.5) is 0 Å². The second-order valence-corrected chi connectivity index (χ2v) is 6.74. The SMILES string of the molecule is C1CC(Cc2nn3c(C4CCOCC4)nnc3s2)CN1. The minimum Gasteiger partial charge on any atom is -0.381 e.